The quantitative estimate of drug-likeness (QED) is 0.879. The normalized spacial score (nSPS) is 18.8. The third kappa shape index (κ3) is 3.85. The molecule has 1 saturated heterocycles. The van der Waals surface area contributed by atoms with Gasteiger partial charge in [0.05, 0.1) is 0 Å². The molecule has 0 saturated carbocycles. The zero-order chi connectivity index (χ0) is 12.1. The minimum atomic E-state index is 0.166. The summed E-state index contributed by atoms with van der Waals surface area (Å²) < 4.78 is 0. The SMILES string of the molecule is CC(N)Cc1cnc(N2CCCSCC2)nc1. The van der Waals surface area contributed by atoms with Crippen LogP contribution in [0.2, 0.25) is 0 Å². The summed E-state index contributed by atoms with van der Waals surface area (Å²) in [5.74, 6) is 3.28. The maximum atomic E-state index is 5.76. The summed E-state index contributed by atoms with van der Waals surface area (Å²) in [7, 11) is 0. The van der Waals surface area contributed by atoms with Gasteiger partial charge in [0.25, 0.3) is 0 Å². The van der Waals surface area contributed by atoms with Gasteiger partial charge >= 0.3 is 0 Å². The summed E-state index contributed by atoms with van der Waals surface area (Å²) in [5, 5.41) is 0. The van der Waals surface area contributed by atoms with Crippen molar-refractivity contribution in [2.45, 2.75) is 25.8 Å². The van der Waals surface area contributed by atoms with E-state index in [4.69, 9.17) is 5.73 Å². The lowest BCUT2D eigenvalue weighted by Gasteiger charge is -2.19. The summed E-state index contributed by atoms with van der Waals surface area (Å²) in [6.45, 7) is 4.12. The number of aromatic nitrogens is 2. The number of nitrogens with zero attached hydrogens (tertiary/aromatic N) is 3. The molecule has 1 atom stereocenters. The highest BCUT2D eigenvalue weighted by Crippen LogP contribution is 2.15. The number of nitrogens with two attached hydrogens (primary N) is 1. The average molecular weight is 252 g/mol. The first-order valence-corrected chi connectivity index (χ1v) is 7.30. The van der Waals surface area contributed by atoms with E-state index in [0.29, 0.717) is 0 Å². The molecular formula is C12H20N4S. The molecule has 2 heterocycles. The maximum absolute atomic E-state index is 5.76. The third-order valence-electron chi connectivity index (χ3n) is 2.75. The van der Waals surface area contributed by atoms with Crippen molar-refractivity contribution < 1.29 is 0 Å². The van der Waals surface area contributed by atoms with E-state index in [1.54, 1.807) is 0 Å². The first-order valence-electron chi connectivity index (χ1n) is 6.15. The lowest BCUT2D eigenvalue weighted by Crippen LogP contribution is -2.27. The van der Waals surface area contributed by atoms with Crippen LogP contribution in [-0.4, -0.2) is 40.6 Å². The molecule has 1 aromatic heterocycles. The predicted molar refractivity (Wildman–Crippen MR) is 73.5 cm³/mol. The van der Waals surface area contributed by atoms with Crippen LogP contribution in [0.3, 0.4) is 0 Å². The highest BCUT2D eigenvalue weighted by atomic mass is 32.2. The van der Waals surface area contributed by atoms with E-state index in [1.165, 1.54) is 17.9 Å². The monoisotopic (exact) mass is 252 g/mol. The van der Waals surface area contributed by atoms with Crippen LogP contribution >= 0.6 is 11.8 Å². The van der Waals surface area contributed by atoms with Crippen molar-refractivity contribution in [3.05, 3.63) is 18.0 Å². The van der Waals surface area contributed by atoms with Gasteiger partial charge in [0, 0.05) is 37.3 Å². The standard InChI is InChI=1S/C12H20N4S/c1-10(13)7-11-8-14-12(15-9-11)16-3-2-5-17-6-4-16/h8-10H,2-7,13H2,1H3. The largest absolute Gasteiger partial charge is 0.340 e. The van der Waals surface area contributed by atoms with Crippen LogP contribution in [0.15, 0.2) is 12.4 Å². The Morgan fingerprint density at radius 1 is 1.35 bits per heavy atom. The van der Waals surface area contributed by atoms with Crippen molar-refractivity contribution in [2.24, 2.45) is 5.73 Å². The predicted octanol–water partition coefficient (Wildman–Crippen LogP) is 1.31. The second kappa shape index (κ2) is 6.21. The van der Waals surface area contributed by atoms with Gasteiger partial charge < -0.3 is 10.6 Å². The first kappa shape index (κ1) is 12.6. The van der Waals surface area contributed by atoms with Gasteiger partial charge in [-0.15, -0.1) is 0 Å². The molecule has 0 spiro atoms. The molecule has 1 aliphatic heterocycles. The zero-order valence-electron chi connectivity index (χ0n) is 10.3. The third-order valence-corrected chi connectivity index (χ3v) is 3.80. The minimum Gasteiger partial charge on any atom is -0.340 e. The van der Waals surface area contributed by atoms with Gasteiger partial charge in [-0.3, -0.25) is 0 Å². The van der Waals surface area contributed by atoms with Crippen molar-refractivity contribution in [3.8, 4) is 0 Å². The summed E-state index contributed by atoms with van der Waals surface area (Å²) in [6.07, 6.45) is 5.87. The molecule has 5 heteroatoms. The van der Waals surface area contributed by atoms with E-state index < -0.39 is 0 Å². The Hall–Kier alpha value is -0.810. The molecule has 0 bridgehead atoms. The summed E-state index contributed by atoms with van der Waals surface area (Å²) in [4.78, 5) is 11.2. The molecule has 1 aliphatic rings. The van der Waals surface area contributed by atoms with Crippen molar-refractivity contribution in [2.75, 3.05) is 29.5 Å². The molecule has 1 aromatic rings. The molecular weight excluding hydrogens is 232 g/mol. The lowest BCUT2D eigenvalue weighted by molar-refractivity contribution is 0.727. The van der Waals surface area contributed by atoms with Crippen molar-refractivity contribution in [3.63, 3.8) is 0 Å². The van der Waals surface area contributed by atoms with Crippen LogP contribution in [-0.2, 0) is 6.42 Å². The topological polar surface area (TPSA) is 55.0 Å². The zero-order valence-corrected chi connectivity index (χ0v) is 11.1. The Morgan fingerprint density at radius 2 is 2.12 bits per heavy atom. The van der Waals surface area contributed by atoms with Gasteiger partial charge in [0.2, 0.25) is 5.95 Å². The number of rotatable bonds is 3. The molecule has 4 nitrogen and oxygen atoms in total. The van der Waals surface area contributed by atoms with E-state index >= 15 is 0 Å². The summed E-state index contributed by atoms with van der Waals surface area (Å²) in [6, 6.07) is 0.166. The fraction of sp³-hybridized carbons (Fsp3) is 0.667. The van der Waals surface area contributed by atoms with Gasteiger partial charge in [0.15, 0.2) is 0 Å². The summed E-state index contributed by atoms with van der Waals surface area (Å²) in [5.41, 5.74) is 6.88. The molecule has 0 amide bonds. The van der Waals surface area contributed by atoms with E-state index in [2.05, 4.69) is 14.9 Å². The first-order chi connectivity index (χ1) is 8.25. The molecule has 94 valence electrons. The van der Waals surface area contributed by atoms with Gasteiger partial charge in [-0.1, -0.05) is 0 Å². The van der Waals surface area contributed by atoms with Gasteiger partial charge in [-0.05, 0) is 31.1 Å². The average Bonchev–Trinajstić information content (AvgIpc) is 2.58. The number of hydrogen-bond acceptors (Lipinski definition) is 5. The van der Waals surface area contributed by atoms with Crippen LogP contribution in [0.1, 0.15) is 18.9 Å². The van der Waals surface area contributed by atoms with Crippen molar-refractivity contribution >= 4 is 17.7 Å². The molecule has 1 unspecified atom stereocenters. The Labute approximate surface area is 107 Å². The molecule has 1 fully saturated rings. The molecule has 0 aliphatic carbocycles. The van der Waals surface area contributed by atoms with Gasteiger partial charge in [-0.2, -0.15) is 11.8 Å². The smallest absolute Gasteiger partial charge is 0.225 e. The molecule has 2 rings (SSSR count). The van der Waals surface area contributed by atoms with Crippen LogP contribution in [0.5, 0.6) is 0 Å². The number of thioether (sulfide) groups is 1. The summed E-state index contributed by atoms with van der Waals surface area (Å²) >= 11 is 2.01. The Balaban J connectivity index is 2.00. The molecule has 2 N–H and O–H groups in total. The maximum Gasteiger partial charge on any atom is 0.225 e. The van der Waals surface area contributed by atoms with Crippen molar-refractivity contribution in [1.82, 2.24) is 9.97 Å². The van der Waals surface area contributed by atoms with Crippen LogP contribution in [0.25, 0.3) is 0 Å². The lowest BCUT2D eigenvalue weighted by atomic mass is 10.1. The fourth-order valence-corrected chi connectivity index (χ4v) is 2.82. The second-order valence-electron chi connectivity index (χ2n) is 4.53. The number of hydrogen-bond donors (Lipinski definition) is 1. The van der Waals surface area contributed by atoms with E-state index in [0.717, 1.165) is 31.0 Å². The molecule has 0 radical (unpaired) electrons. The second-order valence-corrected chi connectivity index (χ2v) is 5.75. The fourth-order valence-electron chi connectivity index (χ4n) is 1.93. The van der Waals surface area contributed by atoms with Gasteiger partial charge in [0.1, 0.15) is 0 Å². The van der Waals surface area contributed by atoms with Crippen LogP contribution in [0.4, 0.5) is 5.95 Å². The highest BCUT2D eigenvalue weighted by molar-refractivity contribution is 7.99. The Kier molecular flexibility index (Phi) is 4.62. The van der Waals surface area contributed by atoms with E-state index in [1.807, 2.05) is 31.1 Å². The molecule has 17 heavy (non-hydrogen) atoms. The van der Waals surface area contributed by atoms with Crippen LogP contribution in [0, 0.1) is 0 Å². The van der Waals surface area contributed by atoms with Crippen LogP contribution < -0.4 is 10.6 Å². The van der Waals surface area contributed by atoms with Crippen molar-refractivity contribution in [1.29, 1.82) is 0 Å². The van der Waals surface area contributed by atoms with Gasteiger partial charge in [-0.25, -0.2) is 9.97 Å². The minimum absolute atomic E-state index is 0.166. The van der Waals surface area contributed by atoms with E-state index in [-0.39, 0.29) is 6.04 Å². The Morgan fingerprint density at radius 3 is 2.82 bits per heavy atom. The van der Waals surface area contributed by atoms with E-state index in [9.17, 15) is 0 Å². The molecule has 0 aromatic carbocycles. The highest BCUT2D eigenvalue weighted by Gasteiger charge is 2.12. The number of anilines is 1. The Bertz CT molecular complexity index is 331.